The maximum absolute atomic E-state index is 13.0. The molecule has 3 rings (SSSR count). The summed E-state index contributed by atoms with van der Waals surface area (Å²) in [5, 5.41) is 14.0. The van der Waals surface area contributed by atoms with Crippen molar-refractivity contribution in [2.24, 2.45) is 24.8 Å². The molecule has 2 aliphatic rings. The molecule has 6 nitrogen and oxygen atoms in total. The fourth-order valence-electron chi connectivity index (χ4n) is 4.03. The van der Waals surface area contributed by atoms with Gasteiger partial charge < -0.3 is 10.0 Å². The van der Waals surface area contributed by atoms with Gasteiger partial charge in [0.25, 0.3) is 5.91 Å². The number of aromatic nitrogens is 2. The van der Waals surface area contributed by atoms with E-state index in [2.05, 4.69) is 5.10 Å². The highest BCUT2D eigenvalue weighted by Gasteiger charge is 2.42. The fraction of sp³-hybridized carbons (Fsp3) is 0.706. The molecule has 0 aromatic carbocycles. The van der Waals surface area contributed by atoms with Gasteiger partial charge in [0.2, 0.25) is 0 Å². The third kappa shape index (κ3) is 2.75. The second-order valence-electron chi connectivity index (χ2n) is 7.17. The van der Waals surface area contributed by atoms with Crippen LogP contribution in [-0.4, -0.2) is 44.8 Å². The molecule has 0 radical (unpaired) electrons. The first kappa shape index (κ1) is 16.0. The summed E-state index contributed by atoms with van der Waals surface area (Å²) in [4.78, 5) is 26.2. The van der Waals surface area contributed by atoms with Gasteiger partial charge in [0.15, 0.2) is 0 Å². The van der Waals surface area contributed by atoms with E-state index in [1.54, 1.807) is 9.58 Å². The molecule has 1 amide bonds. The Hall–Kier alpha value is -1.85. The summed E-state index contributed by atoms with van der Waals surface area (Å²) < 4.78 is 1.69. The van der Waals surface area contributed by atoms with Crippen LogP contribution < -0.4 is 0 Å². The van der Waals surface area contributed by atoms with Gasteiger partial charge in [-0.1, -0.05) is 13.8 Å². The number of hydrogen-bond donors (Lipinski definition) is 1. The van der Waals surface area contributed by atoms with Gasteiger partial charge >= 0.3 is 5.97 Å². The number of carboxylic acid groups (broad SMARTS) is 1. The number of hydrogen-bond acceptors (Lipinski definition) is 3. The normalized spacial score (nSPS) is 24.1. The standard InChI is InChI=1S/C17H25N3O3/c1-10(2)12-8-20(9-13(12)17(22)23)16(21)15-11-6-4-5-7-14(11)18-19(15)3/h10,12-13H,4-9H2,1-3H3,(H,22,23)/t12-,13+/m0/s1. The average molecular weight is 319 g/mol. The summed E-state index contributed by atoms with van der Waals surface area (Å²) in [6.07, 6.45) is 4.04. The summed E-state index contributed by atoms with van der Waals surface area (Å²) in [6, 6.07) is 0. The van der Waals surface area contributed by atoms with Gasteiger partial charge in [-0.25, -0.2) is 0 Å². The molecule has 23 heavy (non-hydrogen) atoms. The highest BCUT2D eigenvalue weighted by Crippen LogP contribution is 2.32. The van der Waals surface area contributed by atoms with E-state index in [1.807, 2.05) is 20.9 Å². The predicted molar refractivity (Wildman–Crippen MR) is 85.2 cm³/mol. The van der Waals surface area contributed by atoms with Crippen molar-refractivity contribution in [1.82, 2.24) is 14.7 Å². The molecular formula is C17H25N3O3. The third-order valence-electron chi connectivity index (χ3n) is 5.35. The first-order valence-electron chi connectivity index (χ1n) is 8.47. The zero-order valence-corrected chi connectivity index (χ0v) is 14.1. The Labute approximate surface area is 136 Å². The number of nitrogens with zero attached hydrogens (tertiary/aromatic N) is 3. The number of fused-ring (bicyclic) bond motifs is 1. The Bertz CT molecular complexity index is 635. The van der Waals surface area contributed by atoms with Crippen molar-refractivity contribution < 1.29 is 14.7 Å². The Balaban J connectivity index is 1.87. The van der Waals surface area contributed by atoms with Gasteiger partial charge in [-0.3, -0.25) is 14.3 Å². The summed E-state index contributed by atoms with van der Waals surface area (Å²) in [6.45, 7) is 4.88. The Morgan fingerprint density at radius 3 is 2.52 bits per heavy atom. The molecule has 2 heterocycles. The van der Waals surface area contributed by atoms with Crippen LogP contribution in [0.2, 0.25) is 0 Å². The highest BCUT2D eigenvalue weighted by atomic mass is 16.4. The lowest BCUT2D eigenvalue weighted by Gasteiger charge is -2.19. The van der Waals surface area contributed by atoms with Crippen molar-refractivity contribution >= 4 is 11.9 Å². The molecule has 1 fully saturated rings. The number of amides is 1. The van der Waals surface area contributed by atoms with Crippen LogP contribution >= 0.6 is 0 Å². The SMILES string of the molecule is CC(C)[C@@H]1CN(C(=O)c2c3c(nn2C)CCCC3)C[C@H]1C(=O)O. The molecule has 0 saturated carbocycles. The van der Waals surface area contributed by atoms with E-state index in [0.717, 1.165) is 36.9 Å². The van der Waals surface area contributed by atoms with E-state index in [-0.39, 0.29) is 17.7 Å². The monoisotopic (exact) mass is 319 g/mol. The van der Waals surface area contributed by atoms with Crippen molar-refractivity contribution in [2.45, 2.75) is 39.5 Å². The maximum atomic E-state index is 13.0. The van der Waals surface area contributed by atoms with Crippen LogP contribution in [-0.2, 0) is 24.7 Å². The molecule has 1 aliphatic heterocycles. The largest absolute Gasteiger partial charge is 0.481 e. The summed E-state index contributed by atoms with van der Waals surface area (Å²) in [7, 11) is 1.82. The van der Waals surface area contributed by atoms with Gasteiger partial charge in [0, 0.05) is 25.7 Å². The van der Waals surface area contributed by atoms with E-state index in [9.17, 15) is 14.7 Å². The minimum Gasteiger partial charge on any atom is -0.481 e. The smallest absolute Gasteiger partial charge is 0.308 e. The van der Waals surface area contributed by atoms with Crippen LogP contribution in [0, 0.1) is 17.8 Å². The fourth-order valence-corrected chi connectivity index (χ4v) is 4.03. The van der Waals surface area contributed by atoms with Crippen LogP contribution in [0.4, 0.5) is 0 Å². The lowest BCUT2D eigenvalue weighted by atomic mass is 9.86. The first-order chi connectivity index (χ1) is 10.9. The van der Waals surface area contributed by atoms with Gasteiger partial charge in [0.05, 0.1) is 11.6 Å². The van der Waals surface area contributed by atoms with E-state index in [0.29, 0.717) is 18.8 Å². The molecule has 0 bridgehead atoms. The van der Waals surface area contributed by atoms with Crippen molar-refractivity contribution in [2.75, 3.05) is 13.1 Å². The second-order valence-corrected chi connectivity index (χ2v) is 7.17. The zero-order valence-electron chi connectivity index (χ0n) is 14.1. The summed E-state index contributed by atoms with van der Waals surface area (Å²) in [5.41, 5.74) is 2.77. The topological polar surface area (TPSA) is 75.4 Å². The quantitative estimate of drug-likeness (QED) is 0.920. The van der Waals surface area contributed by atoms with Crippen LogP contribution in [0.3, 0.4) is 0 Å². The van der Waals surface area contributed by atoms with Crippen molar-refractivity contribution in [3.8, 4) is 0 Å². The van der Waals surface area contributed by atoms with Gasteiger partial charge in [0.1, 0.15) is 5.69 Å². The highest BCUT2D eigenvalue weighted by molar-refractivity contribution is 5.95. The summed E-state index contributed by atoms with van der Waals surface area (Å²) >= 11 is 0. The number of carbonyl (C=O) groups excluding carboxylic acids is 1. The number of aliphatic carboxylic acids is 1. The molecular weight excluding hydrogens is 294 g/mol. The molecule has 6 heteroatoms. The van der Waals surface area contributed by atoms with Crippen LogP contribution in [0.25, 0.3) is 0 Å². The lowest BCUT2D eigenvalue weighted by molar-refractivity contribution is -0.142. The summed E-state index contributed by atoms with van der Waals surface area (Å²) in [5.74, 6) is -1.07. The Morgan fingerprint density at radius 2 is 1.91 bits per heavy atom. The minimum absolute atomic E-state index is 0.0144. The Morgan fingerprint density at radius 1 is 1.22 bits per heavy atom. The number of carbonyl (C=O) groups is 2. The van der Waals surface area contributed by atoms with E-state index in [1.165, 1.54) is 0 Å². The molecule has 2 atom stereocenters. The van der Waals surface area contributed by atoms with Crippen LogP contribution in [0.1, 0.15) is 48.4 Å². The van der Waals surface area contributed by atoms with Gasteiger partial charge in [-0.2, -0.15) is 5.10 Å². The number of aryl methyl sites for hydroxylation is 2. The average Bonchev–Trinajstić information content (AvgIpc) is 3.07. The number of likely N-dealkylation sites (tertiary alicyclic amines) is 1. The Kier molecular flexibility index (Phi) is 4.17. The molecule has 1 saturated heterocycles. The molecule has 126 valence electrons. The van der Waals surface area contributed by atoms with Crippen LogP contribution in [0.5, 0.6) is 0 Å². The second kappa shape index (κ2) is 5.98. The van der Waals surface area contributed by atoms with E-state index >= 15 is 0 Å². The lowest BCUT2D eigenvalue weighted by Crippen LogP contribution is -2.32. The maximum Gasteiger partial charge on any atom is 0.308 e. The third-order valence-corrected chi connectivity index (χ3v) is 5.35. The molecule has 1 aromatic heterocycles. The van der Waals surface area contributed by atoms with Crippen molar-refractivity contribution in [3.63, 3.8) is 0 Å². The molecule has 0 spiro atoms. The first-order valence-corrected chi connectivity index (χ1v) is 8.47. The molecule has 1 aromatic rings. The predicted octanol–water partition coefficient (Wildman–Crippen LogP) is 1.73. The van der Waals surface area contributed by atoms with Gasteiger partial charge in [-0.05, 0) is 37.5 Å². The van der Waals surface area contributed by atoms with E-state index < -0.39 is 11.9 Å². The number of rotatable bonds is 3. The van der Waals surface area contributed by atoms with Gasteiger partial charge in [-0.15, -0.1) is 0 Å². The zero-order chi connectivity index (χ0) is 16.7. The van der Waals surface area contributed by atoms with E-state index in [4.69, 9.17) is 0 Å². The molecule has 0 unspecified atom stereocenters. The van der Waals surface area contributed by atoms with Crippen molar-refractivity contribution in [1.29, 1.82) is 0 Å². The minimum atomic E-state index is -0.800. The molecule has 1 aliphatic carbocycles. The van der Waals surface area contributed by atoms with Crippen LogP contribution in [0.15, 0.2) is 0 Å². The van der Waals surface area contributed by atoms with Crippen molar-refractivity contribution in [3.05, 3.63) is 17.0 Å². The molecule has 1 N–H and O–H groups in total. The number of carboxylic acids is 1.